The van der Waals surface area contributed by atoms with Gasteiger partial charge in [-0.25, -0.2) is 9.97 Å². The van der Waals surface area contributed by atoms with E-state index in [0.717, 1.165) is 17.0 Å². The SMILES string of the molecule is Nc1ncccc1-c1nc2c(s1)CCC2. The summed E-state index contributed by atoms with van der Waals surface area (Å²) in [6, 6.07) is 3.88. The van der Waals surface area contributed by atoms with Crippen molar-refractivity contribution in [2.75, 3.05) is 5.73 Å². The maximum absolute atomic E-state index is 5.83. The molecule has 0 radical (unpaired) electrons. The van der Waals surface area contributed by atoms with E-state index in [9.17, 15) is 0 Å². The van der Waals surface area contributed by atoms with Crippen LogP contribution in [-0.2, 0) is 12.8 Å². The average Bonchev–Trinajstić information content (AvgIpc) is 2.77. The summed E-state index contributed by atoms with van der Waals surface area (Å²) < 4.78 is 0. The summed E-state index contributed by atoms with van der Waals surface area (Å²) in [4.78, 5) is 10.1. The van der Waals surface area contributed by atoms with E-state index in [1.165, 1.54) is 23.4 Å². The predicted octanol–water partition coefficient (Wildman–Crippen LogP) is 2.28. The Hall–Kier alpha value is -1.42. The van der Waals surface area contributed by atoms with E-state index in [1.54, 1.807) is 17.5 Å². The number of anilines is 1. The molecule has 0 saturated carbocycles. The van der Waals surface area contributed by atoms with Crippen LogP contribution < -0.4 is 5.73 Å². The normalized spacial score (nSPS) is 14.1. The van der Waals surface area contributed by atoms with Gasteiger partial charge in [-0.15, -0.1) is 11.3 Å². The molecule has 1 aliphatic carbocycles. The molecule has 0 bridgehead atoms. The zero-order chi connectivity index (χ0) is 10.3. The molecule has 2 aromatic heterocycles. The molecule has 0 saturated heterocycles. The van der Waals surface area contributed by atoms with Crippen molar-refractivity contribution in [2.24, 2.45) is 0 Å². The Kier molecular flexibility index (Phi) is 1.95. The van der Waals surface area contributed by atoms with Gasteiger partial charge in [0.1, 0.15) is 10.8 Å². The molecular formula is C11H11N3S. The number of hydrogen-bond acceptors (Lipinski definition) is 4. The summed E-state index contributed by atoms with van der Waals surface area (Å²) in [7, 11) is 0. The fourth-order valence-electron chi connectivity index (χ4n) is 1.90. The van der Waals surface area contributed by atoms with Gasteiger partial charge in [0, 0.05) is 11.1 Å². The second kappa shape index (κ2) is 3.31. The minimum atomic E-state index is 0.574. The molecular weight excluding hydrogens is 206 g/mol. The van der Waals surface area contributed by atoms with Crippen molar-refractivity contribution in [3.8, 4) is 10.6 Å². The van der Waals surface area contributed by atoms with Crippen LogP contribution in [0.4, 0.5) is 5.82 Å². The van der Waals surface area contributed by atoms with Gasteiger partial charge in [0.05, 0.1) is 11.3 Å². The van der Waals surface area contributed by atoms with Crippen LogP contribution >= 0.6 is 11.3 Å². The number of fused-ring (bicyclic) bond motifs is 1. The first kappa shape index (κ1) is 8.85. The summed E-state index contributed by atoms with van der Waals surface area (Å²) in [6.07, 6.45) is 5.25. The van der Waals surface area contributed by atoms with E-state index in [4.69, 9.17) is 5.73 Å². The lowest BCUT2D eigenvalue weighted by atomic mass is 10.2. The molecule has 0 spiro atoms. The molecule has 3 rings (SSSR count). The Balaban J connectivity index is 2.10. The zero-order valence-corrected chi connectivity index (χ0v) is 9.05. The molecule has 0 atom stereocenters. The lowest BCUT2D eigenvalue weighted by Gasteiger charge is -1.99. The first-order valence-electron chi connectivity index (χ1n) is 5.04. The number of nitrogen functional groups attached to an aromatic ring is 1. The number of nitrogens with two attached hydrogens (primary N) is 1. The minimum absolute atomic E-state index is 0.574. The first-order valence-corrected chi connectivity index (χ1v) is 5.85. The highest BCUT2D eigenvalue weighted by molar-refractivity contribution is 7.15. The third-order valence-corrected chi connectivity index (χ3v) is 3.86. The van der Waals surface area contributed by atoms with Crippen LogP contribution in [0.25, 0.3) is 10.6 Å². The van der Waals surface area contributed by atoms with E-state index < -0.39 is 0 Å². The maximum atomic E-state index is 5.83. The average molecular weight is 217 g/mol. The van der Waals surface area contributed by atoms with Gasteiger partial charge < -0.3 is 5.73 Å². The zero-order valence-electron chi connectivity index (χ0n) is 8.23. The van der Waals surface area contributed by atoms with Crippen LogP contribution in [-0.4, -0.2) is 9.97 Å². The topological polar surface area (TPSA) is 51.8 Å². The quantitative estimate of drug-likeness (QED) is 0.797. The number of aromatic nitrogens is 2. The molecule has 0 fully saturated rings. The smallest absolute Gasteiger partial charge is 0.133 e. The third-order valence-electron chi connectivity index (χ3n) is 2.66. The molecule has 2 heterocycles. The van der Waals surface area contributed by atoms with Crippen LogP contribution in [0.3, 0.4) is 0 Å². The second-order valence-corrected chi connectivity index (χ2v) is 4.76. The van der Waals surface area contributed by atoms with Crippen molar-refractivity contribution in [2.45, 2.75) is 19.3 Å². The molecule has 0 unspecified atom stereocenters. The number of rotatable bonds is 1. The van der Waals surface area contributed by atoms with Crippen LogP contribution in [0.1, 0.15) is 17.0 Å². The molecule has 2 N–H and O–H groups in total. The van der Waals surface area contributed by atoms with Gasteiger partial charge in [0.25, 0.3) is 0 Å². The fraction of sp³-hybridized carbons (Fsp3) is 0.273. The third kappa shape index (κ3) is 1.41. The van der Waals surface area contributed by atoms with Gasteiger partial charge in [-0.1, -0.05) is 0 Å². The summed E-state index contributed by atoms with van der Waals surface area (Å²) in [5, 5.41) is 1.02. The Morgan fingerprint density at radius 3 is 3.07 bits per heavy atom. The van der Waals surface area contributed by atoms with Crippen molar-refractivity contribution in [1.29, 1.82) is 0 Å². The van der Waals surface area contributed by atoms with E-state index >= 15 is 0 Å². The van der Waals surface area contributed by atoms with Gasteiger partial charge in [-0.3, -0.25) is 0 Å². The van der Waals surface area contributed by atoms with Crippen LogP contribution in [0.2, 0.25) is 0 Å². The molecule has 0 aliphatic heterocycles. The van der Waals surface area contributed by atoms with Crippen molar-refractivity contribution in [1.82, 2.24) is 9.97 Å². The Morgan fingerprint density at radius 2 is 2.27 bits per heavy atom. The lowest BCUT2D eigenvalue weighted by Crippen LogP contribution is -1.92. The van der Waals surface area contributed by atoms with Gasteiger partial charge >= 0.3 is 0 Å². The molecule has 3 nitrogen and oxygen atoms in total. The van der Waals surface area contributed by atoms with Crippen LogP contribution in [0, 0.1) is 0 Å². The first-order chi connectivity index (χ1) is 7.34. The Morgan fingerprint density at radius 1 is 1.33 bits per heavy atom. The summed E-state index contributed by atoms with van der Waals surface area (Å²) >= 11 is 1.76. The number of aryl methyl sites for hydroxylation is 2. The highest BCUT2D eigenvalue weighted by Crippen LogP contribution is 2.34. The summed E-state index contributed by atoms with van der Waals surface area (Å²) in [5.41, 5.74) is 8.06. The lowest BCUT2D eigenvalue weighted by molar-refractivity contribution is 0.900. The molecule has 0 aromatic carbocycles. The van der Waals surface area contributed by atoms with Crippen molar-refractivity contribution < 1.29 is 0 Å². The van der Waals surface area contributed by atoms with Crippen LogP contribution in [0.15, 0.2) is 18.3 Å². The van der Waals surface area contributed by atoms with Gasteiger partial charge in [-0.05, 0) is 31.4 Å². The standard InChI is InChI=1S/C11H11N3S/c12-10-7(3-2-6-13-10)11-14-8-4-1-5-9(8)15-11/h2-3,6H,1,4-5H2,(H2,12,13). The Bertz CT molecular complexity index is 483. The minimum Gasteiger partial charge on any atom is -0.383 e. The molecule has 15 heavy (non-hydrogen) atoms. The van der Waals surface area contributed by atoms with Crippen molar-refractivity contribution in [3.05, 3.63) is 28.9 Å². The van der Waals surface area contributed by atoms with Gasteiger partial charge in [0.15, 0.2) is 0 Å². The van der Waals surface area contributed by atoms with Crippen molar-refractivity contribution in [3.63, 3.8) is 0 Å². The number of thiazole rings is 1. The highest BCUT2D eigenvalue weighted by Gasteiger charge is 2.18. The van der Waals surface area contributed by atoms with E-state index in [1.807, 2.05) is 12.1 Å². The molecule has 2 aromatic rings. The van der Waals surface area contributed by atoms with Gasteiger partial charge in [-0.2, -0.15) is 0 Å². The maximum Gasteiger partial charge on any atom is 0.133 e. The Labute approximate surface area is 92.0 Å². The summed E-state index contributed by atoms with van der Waals surface area (Å²) in [5.74, 6) is 0.574. The fourth-order valence-corrected chi connectivity index (χ4v) is 3.09. The van der Waals surface area contributed by atoms with Crippen molar-refractivity contribution >= 4 is 17.2 Å². The number of pyridine rings is 1. The number of nitrogens with zero attached hydrogens (tertiary/aromatic N) is 2. The highest BCUT2D eigenvalue weighted by atomic mass is 32.1. The number of hydrogen-bond donors (Lipinski definition) is 1. The van der Waals surface area contributed by atoms with E-state index in [-0.39, 0.29) is 0 Å². The largest absolute Gasteiger partial charge is 0.383 e. The van der Waals surface area contributed by atoms with E-state index in [0.29, 0.717) is 5.82 Å². The second-order valence-electron chi connectivity index (χ2n) is 3.68. The summed E-state index contributed by atoms with van der Waals surface area (Å²) in [6.45, 7) is 0. The monoisotopic (exact) mass is 217 g/mol. The molecule has 0 amide bonds. The van der Waals surface area contributed by atoms with Gasteiger partial charge in [0.2, 0.25) is 0 Å². The molecule has 4 heteroatoms. The van der Waals surface area contributed by atoms with Crippen LogP contribution in [0.5, 0.6) is 0 Å². The molecule has 1 aliphatic rings. The predicted molar refractivity (Wildman–Crippen MR) is 61.8 cm³/mol. The van der Waals surface area contributed by atoms with E-state index in [2.05, 4.69) is 9.97 Å². The molecule has 76 valence electrons.